The van der Waals surface area contributed by atoms with E-state index in [1.165, 1.54) is 0 Å². The summed E-state index contributed by atoms with van der Waals surface area (Å²) in [7, 11) is 1.66. The summed E-state index contributed by atoms with van der Waals surface area (Å²) in [6.45, 7) is 2.72. The number of rotatable bonds is 7. The third-order valence-electron chi connectivity index (χ3n) is 8.17. The summed E-state index contributed by atoms with van der Waals surface area (Å²) in [4.78, 5) is 28.1. The second-order valence-corrected chi connectivity index (χ2v) is 10.5. The monoisotopic (exact) mass is 476 g/mol. The fourth-order valence-electron chi connectivity index (χ4n) is 5.86. The molecule has 2 saturated heterocycles. The Morgan fingerprint density at radius 2 is 1.74 bits per heavy atom. The minimum absolute atomic E-state index is 0.110. The number of nitrogens with zero attached hydrogens (tertiary/aromatic N) is 1. The van der Waals surface area contributed by atoms with Crippen molar-refractivity contribution in [2.45, 2.75) is 62.5 Å². The number of amides is 2. The van der Waals surface area contributed by atoms with Crippen molar-refractivity contribution in [3.05, 3.63) is 65.7 Å². The highest BCUT2D eigenvalue weighted by atomic mass is 16.5. The van der Waals surface area contributed by atoms with Crippen LogP contribution in [0.25, 0.3) is 0 Å². The first-order valence-electron chi connectivity index (χ1n) is 12.9. The molecule has 1 spiro atoms. The third kappa shape index (κ3) is 5.22. The van der Waals surface area contributed by atoms with Crippen molar-refractivity contribution in [2.24, 2.45) is 5.92 Å². The van der Waals surface area contributed by atoms with E-state index in [2.05, 4.69) is 5.32 Å². The second kappa shape index (κ2) is 10.0. The van der Waals surface area contributed by atoms with Crippen LogP contribution in [0, 0.1) is 5.92 Å². The van der Waals surface area contributed by atoms with Gasteiger partial charge in [-0.05, 0) is 67.7 Å². The van der Waals surface area contributed by atoms with Gasteiger partial charge in [-0.25, -0.2) is 0 Å². The maximum absolute atomic E-state index is 13.5. The smallest absolute Gasteiger partial charge is 0.233 e. The van der Waals surface area contributed by atoms with E-state index in [1.807, 2.05) is 59.5 Å². The van der Waals surface area contributed by atoms with E-state index in [-0.39, 0.29) is 22.8 Å². The number of likely N-dealkylation sites (tertiary alicyclic amines) is 1. The van der Waals surface area contributed by atoms with Gasteiger partial charge in [0.25, 0.3) is 0 Å². The number of carbonyl (C=O) groups excluding carboxylic acids is 2. The van der Waals surface area contributed by atoms with Crippen molar-refractivity contribution in [3.63, 3.8) is 0 Å². The van der Waals surface area contributed by atoms with Crippen LogP contribution < -0.4 is 10.1 Å². The van der Waals surface area contributed by atoms with E-state index >= 15 is 0 Å². The van der Waals surface area contributed by atoms with Crippen LogP contribution in [-0.2, 0) is 26.3 Å². The summed E-state index contributed by atoms with van der Waals surface area (Å²) in [5.41, 5.74) is 1.66. The Morgan fingerprint density at radius 3 is 2.40 bits per heavy atom. The zero-order valence-electron chi connectivity index (χ0n) is 20.6. The number of methoxy groups -OCH3 is 1. The predicted molar refractivity (Wildman–Crippen MR) is 134 cm³/mol. The summed E-state index contributed by atoms with van der Waals surface area (Å²) in [5.74, 6) is 1.51. The molecule has 1 atom stereocenters. The van der Waals surface area contributed by atoms with Gasteiger partial charge < -0.3 is 19.7 Å². The SMILES string of the molecule is COc1ccc(C2(C(=O)N3CCC4(CC3)CC(CC(=O)NCc3ccccc3)CCO4)CC2)cc1. The normalized spacial score (nSPS) is 22.4. The highest BCUT2D eigenvalue weighted by Gasteiger charge is 2.54. The Morgan fingerprint density at radius 1 is 1.03 bits per heavy atom. The number of hydrogen-bond donors (Lipinski definition) is 1. The first-order chi connectivity index (χ1) is 17.0. The Hall–Kier alpha value is -2.86. The largest absolute Gasteiger partial charge is 0.497 e. The molecule has 0 bridgehead atoms. The Labute approximate surface area is 208 Å². The predicted octanol–water partition coefficient (Wildman–Crippen LogP) is 4.22. The van der Waals surface area contributed by atoms with Gasteiger partial charge in [-0.15, -0.1) is 0 Å². The third-order valence-corrected chi connectivity index (χ3v) is 8.17. The van der Waals surface area contributed by atoms with Gasteiger partial charge >= 0.3 is 0 Å². The summed E-state index contributed by atoms with van der Waals surface area (Å²) < 4.78 is 11.6. The van der Waals surface area contributed by atoms with Gasteiger partial charge in [-0.3, -0.25) is 9.59 Å². The van der Waals surface area contributed by atoms with Crippen LogP contribution >= 0.6 is 0 Å². The molecular weight excluding hydrogens is 440 g/mol. The van der Waals surface area contributed by atoms with Crippen LogP contribution in [0.2, 0.25) is 0 Å². The van der Waals surface area contributed by atoms with Gasteiger partial charge in [0.1, 0.15) is 5.75 Å². The molecule has 3 aliphatic rings. The van der Waals surface area contributed by atoms with Crippen LogP contribution in [0.4, 0.5) is 0 Å². The fourth-order valence-corrected chi connectivity index (χ4v) is 5.86. The number of hydrogen-bond acceptors (Lipinski definition) is 4. The maximum atomic E-state index is 13.5. The van der Waals surface area contributed by atoms with Gasteiger partial charge in [0.15, 0.2) is 0 Å². The summed E-state index contributed by atoms with van der Waals surface area (Å²) in [6, 6.07) is 18.0. The van der Waals surface area contributed by atoms with E-state index in [9.17, 15) is 9.59 Å². The van der Waals surface area contributed by atoms with Gasteiger partial charge in [-0.2, -0.15) is 0 Å². The van der Waals surface area contributed by atoms with E-state index < -0.39 is 0 Å². The molecule has 0 aromatic heterocycles. The van der Waals surface area contributed by atoms with Gasteiger partial charge in [-0.1, -0.05) is 42.5 Å². The van der Waals surface area contributed by atoms with E-state index in [1.54, 1.807) is 7.11 Å². The van der Waals surface area contributed by atoms with Gasteiger partial charge in [0, 0.05) is 32.7 Å². The molecule has 5 rings (SSSR count). The van der Waals surface area contributed by atoms with Crippen molar-refractivity contribution in [2.75, 3.05) is 26.8 Å². The van der Waals surface area contributed by atoms with Crippen molar-refractivity contribution in [1.82, 2.24) is 10.2 Å². The summed E-state index contributed by atoms with van der Waals surface area (Å²) in [5, 5.41) is 3.07. The highest BCUT2D eigenvalue weighted by Crippen LogP contribution is 2.50. The van der Waals surface area contributed by atoms with Crippen molar-refractivity contribution >= 4 is 11.8 Å². The molecular formula is C29H36N2O4. The average molecular weight is 477 g/mol. The lowest BCUT2D eigenvalue weighted by atomic mass is 9.78. The van der Waals surface area contributed by atoms with Crippen molar-refractivity contribution < 1.29 is 19.1 Å². The number of carbonyl (C=O) groups is 2. The van der Waals surface area contributed by atoms with E-state index in [4.69, 9.17) is 9.47 Å². The fraction of sp³-hybridized carbons (Fsp3) is 0.517. The number of ether oxygens (including phenoxy) is 2. The molecule has 1 unspecified atom stereocenters. The van der Waals surface area contributed by atoms with Crippen LogP contribution in [0.15, 0.2) is 54.6 Å². The average Bonchev–Trinajstić information content (AvgIpc) is 3.71. The second-order valence-electron chi connectivity index (χ2n) is 10.5. The maximum Gasteiger partial charge on any atom is 0.233 e. The van der Waals surface area contributed by atoms with Gasteiger partial charge in [0.2, 0.25) is 11.8 Å². The molecule has 6 nitrogen and oxygen atoms in total. The zero-order valence-corrected chi connectivity index (χ0v) is 20.6. The van der Waals surface area contributed by atoms with Gasteiger partial charge in [0.05, 0.1) is 18.1 Å². The van der Waals surface area contributed by atoms with Crippen molar-refractivity contribution in [3.8, 4) is 5.75 Å². The van der Waals surface area contributed by atoms with Crippen molar-refractivity contribution in [1.29, 1.82) is 0 Å². The molecule has 2 amide bonds. The highest BCUT2D eigenvalue weighted by molar-refractivity contribution is 5.91. The molecule has 6 heteroatoms. The molecule has 2 heterocycles. The molecule has 1 N–H and O–H groups in total. The molecule has 1 aliphatic carbocycles. The summed E-state index contributed by atoms with van der Waals surface area (Å²) in [6.07, 6.45) is 5.88. The van der Waals surface area contributed by atoms with Crippen LogP contribution in [0.3, 0.4) is 0 Å². The van der Waals surface area contributed by atoms with Crippen LogP contribution in [0.5, 0.6) is 5.75 Å². The minimum atomic E-state index is -0.358. The Kier molecular flexibility index (Phi) is 6.83. The number of benzene rings is 2. The lowest BCUT2D eigenvalue weighted by molar-refractivity contribution is -0.150. The zero-order chi connectivity index (χ0) is 24.3. The molecule has 2 aliphatic heterocycles. The molecule has 2 aromatic carbocycles. The Bertz CT molecular complexity index is 1020. The summed E-state index contributed by atoms with van der Waals surface area (Å²) >= 11 is 0. The van der Waals surface area contributed by atoms with Crippen LogP contribution in [-0.4, -0.2) is 49.1 Å². The molecule has 3 fully saturated rings. The first kappa shape index (κ1) is 23.9. The first-order valence-corrected chi connectivity index (χ1v) is 12.9. The quantitative estimate of drug-likeness (QED) is 0.650. The Balaban J connectivity index is 1.13. The molecule has 1 saturated carbocycles. The molecule has 0 radical (unpaired) electrons. The number of piperidine rings is 1. The molecule has 2 aromatic rings. The standard InChI is InChI=1S/C29H36N2O4/c1-34-25-9-7-24(8-10-25)29(12-13-29)27(33)31-16-14-28(15-17-31)20-23(11-18-35-28)19-26(32)30-21-22-5-3-2-4-6-22/h2-10,23H,11-21H2,1H3,(H,30,32). The van der Waals surface area contributed by atoms with Crippen LogP contribution in [0.1, 0.15) is 56.1 Å². The molecule has 186 valence electrons. The molecule has 35 heavy (non-hydrogen) atoms. The lowest BCUT2D eigenvalue weighted by Crippen LogP contribution is -2.52. The lowest BCUT2D eigenvalue weighted by Gasteiger charge is -2.46. The topological polar surface area (TPSA) is 67.9 Å². The number of nitrogens with one attached hydrogen (secondary N) is 1. The minimum Gasteiger partial charge on any atom is -0.497 e. The van der Waals surface area contributed by atoms with E-state index in [0.717, 1.165) is 68.5 Å². The van der Waals surface area contributed by atoms with E-state index in [0.29, 0.717) is 25.5 Å².